The van der Waals surface area contributed by atoms with Gasteiger partial charge in [-0.25, -0.2) is 9.59 Å². The van der Waals surface area contributed by atoms with Crippen LogP contribution in [-0.2, 0) is 111 Å². The van der Waals surface area contributed by atoms with Crippen molar-refractivity contribution in [1.82, 2.24) is 0 Å². The fourth-order valence-corrected chi connectivity index (χ4v) is 11.3. The number of hydrogen-bond donors (Lipinski definition) is 0. The maximum Gasteiger partial charge on any atom is 0.333 e. The Balaban J connectivity index is -0.00000101. The fraction of sp³-hybridized carbons (Fsp3) is 0.566. The van der Waals surface area contributed by atoms with E-state index in [2.05, 4.69) is 13.2 Å². The number of carbonyl (C=O) groups excluding carboxylic acids is 8. The summed E-state index contributed by atoms with van der Waals surface area (Å²) < 4.78 is 55.8. The molecule has 0 radical (unpaired) electrons. The third-order valence-corrected chi connectivity index (χ3v) is 15.8. The summed E-state index contributed by atoms with van der Waals surface area (Å²) in [5.74, 6) is -8.06. The van der Waals surface area contributed by atoms with E-state index < -0.39 is 81.3 Å². The number of carbonyl (C=O) groups is 8. The van der Waals surface area contributed by atoms with Gasteiger partial charge in [-0.1, -0.05) is 230 Å². The molecule has 0 aliphatic heterocycles. The average Bonchev–Trinajstić information content (AvgIpc) is 0.796. The summed E-state index contributed by atoms with van der Waals surface area (Å²) >= 11 is 0. The fourth-order valence-electron chi connectivity index (χ4n) is 11.3. The zero-order chi connectivity index (χ0) is 65.3. The topological polar surface area (TPSA) is 229 Å². The quantitative estimate of drug-likeness (QED) is 0.0174. The number of benzene rings is 4. The second kappa shape index (κ2) is 57.6. The van der Waals surface area contributed by atoms with E-state index in [4.69, 9.17) is 47.4 Å². The number of ether oxygens (including phenoxy) is 10. The minimum Gasteiger partial charge on any atom is -0.469 e. The van der Waals surface area contributed by atoms with E-state index in [-0.39, 0.29) is 211 Å². The van der Waals surface area contributed by atoms with Crippen LogP contribution in [0.5, 0.6) is 0 Å². The van der Waals surface area contributed by atoms with Crippen molar-refractivity contribution in [1.29, 1.82) is 0 Å². The highest BCUT2D eigenvalue weighted by Crippen LogP contribution is 2.47. The predicted octanol–water partition coefficient (Wildman–Crippen LogP) is 18.4. The van der Waals surface area contributed by atoms with Crippen molar-refractivity contribution in [2.24, 2.45) is 33.5 Å². The molecule has 4 rings (SSSR count). The minimum absolute atomic E-state index is 0. The van der Waals surface area contributed by atoms with Gasteiger partial charge in [-0.15, -0.1) is 0 Å². The molecule has 0 bridgehead atoms. The molecule has 4 aromatic rings. The average molecular weight is 1430 g/mol. The Kier molecular flexibility index (Phi) is 63.7. The lowest BCUT2D eigenvalue weighted by Gasteiger charge is -2.38. The highest BCUT2D eigenvalue weighted by Gasteiger charge is 2.51. The highest BCUT2D eigenvalue weighted by molar-refractivity contribution is 5.91. The van der Waals surface area contributed by atoms with E-state index in [1.54, 1.807) is 27.7 Å². The van der Waals surface area contributed by atoms with Gasteiger partial charge in [-0.2, -0.15) is 0 Å². The molecule has 18 heteroatoms. The first-order valence-corrected chi connectivity index (χ1v) is 30.2. The molecule has 0 aliphatic rings. The van der Waals surface area contributed by atoms with Crippen LogP contribution < -0.4 is 0 Å². The molecule has 0 saturated heterocycles. The summed E-state index contributed by atoms with van der Waals surface area (Å²) in [6.45, 7) is 14.0. The van der Waals surface area contributed by atoms with Crippen LogP contribution in [0.1, 0.15) is 197 Å². The van der Waals surface area contributed by atoms with Crippen molar-refractivity contribution in [3.63, 3.8) is 0 Å². The largest absolute Gasteiger partial charge is 0.469 e. The van der Waals surface area contributed by atoms with Gasteiger partial charge in [0.05, 0.1) is 87.4 Å². The molecule has 0 aromatic heterocycles. The molecule has 0 saturated carbocycles. The van der Waals surface area contributed by atoms with Crippen molar-refractivity contribution < 1.29 is 85.7 Å². The maximum absolute atomic E-state index is 14.6. The van der Waals surface area contributed by atoms with E-state index in [1.165, 1.54) is 28.4 Å². The molecule has 0 heterocycles. The summed E-state index contributed by atoms with van der Waals surface area (Å²) in [5, 5.41) is 0. The third kappa shape index (κ3) is 38.0. The van der Waals surface area contributed by atoms with E-state index in [9.17, 15) is 38.4 Å². The van der Waals surface area contributed by atoms with E-state index in [0.29, 0.717) is 25.7 Å². The SMILES string of the molecule is C.C.C.C.C.C.C.C.C.C.C.C.C=C(CC(C)(CC(C)(CC(CCCC(CC(C)(CC(C)(CC(=C)C(=O)OCCc1ccccc1)C(=O)OCCc1ccccc1)C(=O)OCCOC)C(=O)OC)C(=O)OC)C(=O)OCCOC)C(=O)OCCc1ccccc1)C(=O)OCCc1ccccc1. The second-order valence-corrected chi connectivity index (χ2v) is 23.7. The van der Waals surface area contributed by atoms with E-state index in [1.807, 2.05) is 121 Å². The highest BCUT2D eigenvalue weighted by atomic mass is 16.6. The van der Waals surface area contributed by atoms with Gasteiger partial charge in [0.1, 0.15) is 13.2 Å². The van der Waals surface area contributed by atoms with Gasteiger partial charge in [0, 0.05) is 51.0 Å². The Bertz CT molecular complexity index is 2700. The lowest BCUT2D eigenvalue weighted by atomic mass is 9.66. The van der Waals surface area contributed by atoms with Crippen molar-refractivity contribution in [2.75, 3.05) is 81.3 Å². The molecule has 0 amide bonds. The molecule has 0 N–H and O–H groups in total. The van der Waals surface area contributed by atoms with Crippen molar-refractivity contribution >= 4 is 47.8 Å². The van der Waals surface area contributed by atoms with Gasteiger partial charge in [0.15, 0.2) is 0 Å². The van der Waals surface area contributed by atoms with Crippen molar-refractivity contribution in [3.8, 4) is 0 Å². The Morgan fingerprint density at radius 3 is 0.822 bits per heavy atom. The normalized spacial score (nSPS) is 12.8. The van der Waals surface area contributed by atoms with Crippen LogP contribution in [0, 0.1) is 33.5 Å². The molecule has 6 atom stereocenters. The summed E-state index contributed by atoms with van der Waals surface area (Å²) in [5.41, 5.74) is -3.00. The summed E-state index contributed by atoms with van der Waals surface area (Å²) in [4.78, 5) is 114. The smallest absolute Gasteiger partial charge is 0.333 e. The molecular formula is C83H140O18. The standard InChI is InChI=1S/C71H92O18.12CH4/c1-52(60(72)84-38-34-54-24-15-11-16-25-54)46-68(3,64(76)86-40-36-56-28-19-13-20-29-56)50-70(5,66(78)88-44-42-80-7)48-58(62(74)82-9)32-23-33-59(63(75)83-10)49-71(6,67(79)89-45-43-81-8)51-69(4,65(77)87-41-37-57-30-21-14-22-31-57)47-53(2)61(73)85-39-35-55-26-17-12-18-27-55;;;;;;;;;;;;/h11-22,24-31,58-59H,1-2,23,32-51H2,3-10H3;12*1H4. The summed E-state index contributed by atoms with van der Waals surface area (Å²) in [6.07, 6.45) is 0.0218. The van der Waals surface area contributed by atoms with Gasteiger partial charge < -0.3 is 47.4 Å². The number of rotatable bonds is 42. The summed E-state index contributed by atoms with van der Waals surface area (Å²) in [7, 11) is 5.28. The number of methoxy groups -OCH3 is 4. The Morgan fingerprint density at radius 1 is 0.337 bits per heavy atom. The van der Waals surface area contributed by atoms with Gasteiger partial charge in [0.2, 0.25) is 0 Å². The van der Waals surface area contributed by atoms with Crippen molar-refractivity contribution in [3.05, 3.63) is 168 Å². The molecule has 6 unspecified atom stereocenters. The molecular weight excluding hydrogens is 1280 g/mol. The van der Waals surface area contributed by atoms with E-state index >= 15 is 0 Å². The van der Waals surface area contributed by atoms with E-state index in [0.717, 1.165) is 22.3 Å². The number of hydrogen-bond acceptors (Lipinski definition) is 18. The van der Waals surface area contributed by atoms with Crippen molar-refractivity contribution in [2.45, 2.75) is 200 Å². The van der Waals surface area contributed by atoms with Gasteiger partial charge in [-0.05, 0) is 101 Å². The third-order valence-electron chi connectivity index (χ3n) is 15.8. The van der Waals surface area contributed by atoms with Crippen LogP contribution in [0.25, 0.3) is 0 Å². The molecule has 101 heavy (non-hydrogen) atoms. The lowest BCUT2D eigenvalue weighted by Crippen LogP contribution is -2.43. The molecule has 0 spiro atoms. The van der Waals surface area contributed by atoms with Crippen LogP contribution in [0.15, 0.2) is 146 Å². The van der Waals surface area contributed by atoms with Crippen LogP contribution in [0.2, 0.25) is 0 Å². The summed E-state index contributed by atoms with van der Waals surface area (Å²) in [6, 6.07) is 37.6. The van der Waals surface area contributed by atoms with Gasteiger partial charge in [0.25, 0.3) is 0 Å². The van der Waals surface area contributed by atoms with Crippen LogP contribution >= 0.6 is 0 Å². The zero-order valence-corrected chi connectivity index (χ0v) is 53.3. The Morgan fingerprint density at radius 2 is 0.574 bits per heavy atom. The lowest BCUT2D eigenvalue weighted by molar-refractivity contribution is -0.168. The molecule has 18 nitrogen and oxygen atoms in total. The molecule has 0 aliphatic carbocycles. The minimum atomic E-state index is -1.66. The van der Waals surface area contributed by atoms with Crippen LogP contribution in [-0.4, -0.2) is 129 Å². The molecule has 580 valence electrons. The predicted molar refractivity (Wildman–Crippen MR) is 414 cm³/mol. The van der Waals surface area contributed by atoms with Crippen LogP contribution in [0.3, 0.4) is 0 Å². The number of esters is 8. The first-order valence-electron chi connectivity index (χ1n) is 30.2. The second-order valence-electron chi connectivity index (χ2n) is 23.7. The first kappa shape index (κ1) is 112. The first-order chi connectivity index (χ1) is 42.5. The Hall–Kier alpha value is -7.96. The monoisotopic (exact) mass is 1430 g/mol. The van der Waals surface area contributed by atoms with Gasteiger partial charge in [-0.3, -0.25) is 28.8 Å². The van der Waals surface area contributed by atoms with Gasteiger partial charge >= 0.3 is 47.8 Å². The molecule has 4 aromatic carbocycles. The van der Waals surface area contributed by atoms with Crippen LogP contribution in [0.4, 0.5) is 0 Å². The molecule has 0 fully saturated rings. The Labute approximate surface area is 613 Å². The zero-order valence-electron chi connectivity index (χ0n) is 53.3. The maximum atomic E-state index is 14.6.